The smallest absolute Gasteiger partial charge is 0.262 e. The maximum absolute atomic E-state index is 13.8. The van der Waals surface area contributed by atoms with Gasteiger partial charge >= 0.3 is 0 Å². The van der Waals surface area contributed by atoms with E-state index in [1.54, 1.807) is 42.1 Å². The largest absolute Gasteiger partial charge is 0.497 e. The van der Waals surface area contributed by atoms with E-state index in [2.05, 4.69) is 4.98 Å². The number of halogens is 1. The van der Waals surface area contributed by atoms with Gasteiger partial charge < -0.3 is 9.47 Å². The number of ether oxygens (including phenoxy) is 2. The lowest BCUT2D eigenvalue weighted by molar-refractivity contribution is -0.136. The molecule has 35 heavy (non-hydrogen) atoms. The highest BCUT2D eigenvalue weighted by molar-refractivity contribution is 7.89. The number of aromatic nitrogens is 1. The zero-order valence-electron chi connectivity index (χ0n) is 20.0. The predicted octanol–water partition coefficient (Wildman–Crippen LogP) is 3.56. The van der Waals surface area contributed by atoms with Crippen LogP contribution in [0.4, 0.5) is 0 Å². The molecule has 0 aliphatic heterocycles. The average molecular weight is 528 g/mol. The van der Waals surface area contributed by atoms with Crippen molar-refractivity contribution in [2.24, 2.45) is 5.92 Å². The van der Waals surface area contributed by atoms with Gasteiger partial charge in [-0.15, -0.1) is 12.4 Å². The van der Waals surface area contributed by atoms with E-state index in [4.69, 9.17) is 9.47 Å². The average Bonchev–Trinajstić information content (AvgIpc) is 2.88. The summed E-state index contributed by atoms with van der Waals surface area (Å²) in [6, 6.07) is 8.37. The molecule has 1 amide bonds. The Hall–Kier alpha value is -2.24. The van der Waals surface area contributed by atoms with Gasteiger partial charge in [0.15, 0.2) is 0 Å². The topological polar surface area (TPSA) is 118 Å². The fraction of sp³-hybridized carbons (Fsp3) is 0.500. The third-order valence-electron chi connectivity index (χ3n) is 6.17. The summed E-state index contributed by atoms with van der Waals surface area (Å²) in [7, 11) is -2.60. The number of nitrogens with zero attached hydrogens (tertiary/aromatic N) is 2. The quantitative estimate of drug-likeness (QED) is 0.339. The van der Waals surface area contributed by atoms with Gasteiger partial charge in [0, 0.05) is 25.5 Å². The number of pyridine rings is 1. The minimum absolute atomic E-state index is 0. The highest BCUT2D eigenvalue weighted by Gasteiger charge is 2.42. The van der Waals surface area contributed by atoms with Gasteiger partial charge in [0.1, 0.15) is 11.8 Å². The van der Waals surface area contributed by atoms with Gasteiger partial charge in [-0.2, -0.15) is 4.31 Å². The molecule has 194 valence electrons. The fourth-order valence-electron chi connectivity index (χ4n) is 4.39. The molecule has 3 rings (SSSR count). The predicted molar refractivity (Wildman–Crippen MR) is 133 cm³/mol. The summed E-state index contributed by atoms with van der Waals surface area (Å²) in [6.45, 7) is 2.69. The van der Waals surface area contributed by atoms with E-state index in [0.717, 1.165) is 19.3 Å². The van der Waals surface area contributed by atoms with Gasteiger partial charge in [0.2, 0.25) is 10.0 Å². The Morgan fingerprint density at radius 3 is 2.31 bits per heavy atom. The van der Waals surface area contributed by atoms with Gasteiger partial charge in [-0.3, -0.25) is 15.0 Å². The molecule has 9 nitrogen and oxygen atoms in total. The van der Waals surface area contributed by atoms with Crippen LogP contribution in [-0.2, 0) is 26.1 Å². The molecular formula is C24H34ClN3O6S. The van der Waals surface area contributed by atoms with Crippen molar-refractivity contribution < 1.29 is 27.9 Å². The number of methoxy groups -OCH3 is 1. The molecule has 0 spiro atoms. The zero-order chi connectivity index (χ0) is 24.6. The summed E-state index contributed by atoms with van der Waals surface area (Å²) in [5.74, 6) is -0.498. The van der Waals surface area contributed by atoms with Crippen LogP contribution < -0.4 is 10.2 Å². The maximum Gasteiger partial charge on any atom is 0.262 e. The third kappa shape index (κ3) is 7.37. The zero-order valence-corrected chi connectivity index (χ0v) is 21.6. The number of nitrogens with one attached hydrogen (secondary N) is 1. The van der Waals surface area contributed by atoms with Gasteiger partial charge in [0.05, 0.1) is 18.1 Å². The van der Waals surface area contributed by atoms with Crippen LogP contribution in [0.15, 0.2) is 53.7 Å². The van der Waals surface area contributed by atoms with Gasteiger partial charge in [0.25, 0.3) is 5.91 Å². The van der Waals surface area contributed by atoms with E-state index in [9.17, 15) is 18.4 Å². The second kappa shape index (κ2) is 13.7. The Balaban J connectivity index is 0.00000432. The molecule has 1 aromatic carbocycles. The van der Waals surface area contributed by atoms with E-state index < -0.39 is 22.0 Å². The first-order chi connectivity index (χ1) is 16.4. The molecule has 1 aliphatic carbocycles. The highest BCUT2D eigenvalue weighted by atomic mass is 35.5. The standard InChI is InChI=1S/C24H33N3O6S.ClH/c1-3-16-33-21-6-4-19(5-7-21)23(24(28)26-29)27(17-18-12-14-25-15-13-18)34(30,31)22-10-8-20(32-2)9-11-22;/h8-15,19,21,23,29H,3-7,16-17H2,1-2H3,(H,26,28);1H/t19-,21-,23?;. The van der Waals surface area contributed by atoms with Crippen LogP contribution in [0.5, 0.6) is 5.75 Å². The molecule has 0 bridgehead atoms. The molecule has 2 N–H and O–H groups in total. The van der Waals surface area contributed by atoms with Crippen molar-refractivity contribution in [3.63, 3.8) is 0 Å². The van der Waals surface area contributed by atoms with Crippen LogP contribution in [0.25, 0.3) is 0 Å². The second-order valence-corrected chi connectivity index (χ2v) is 10.3. The summed E-state index contributed by atoms with van der Waals surface area (Å²) in [4.78, 5) is 17.0. The van der Waals surface area contributed by atoms with Crippen LogP contribution in [0.2, 0.25) is 0 Å². The van der Waals surface area contributed by atoms with E-state index in [-0.39, 0.29) is 35.9 Å². The van der Waals surface area contributed by atoms with E-state index >= 15 is 0 Å². The van der Waals surface area contributed by atoms with Crippen LogP contribution in [0.3, 0.4) is 0 Å². The van der Waals surface area contributed by atoms with E-state index in [0.29, 0.717) is 30.8 Å². The first kappa shape index (κ1) is 29.0. The first-order valence-corrected chi connectivity index (χ1v) is 12.9. The van der Waals surface area contributed by atoms with Crippen molar-refractivity contribution in [1.82, 2.24) is 14.8 Å². The number of hydroxylamine groups is 1. The highest BCUT2D eigenvalue weighted by Crippen LogP contribution is 2.34. The van der Waals surface area contributed by atoms with Crippen LogP contribution in [-0.4, -0.2) is 54.7 Å². The van der Waals surface area contributed by atoms with E-state index in [1.165, 1.54) is 23.5 Å². The summed E-state index contributed by atoms with van der Waals surface area (Å²) >= 11 is 0. The first-order valence-electron chi connectivity index (χ1n) is 11.5. The maximum atomic E-state index is 13.8. The number of hydrogen-bond acceptors (Lipinski definition) is 7. The summed E-state index contributed by atoms with van der Waals surface area (Å²) < 4.78 is 39.9. The molecule has 1 unspecified atom stereocenters. The number of amides is 1. The SMILES string of the molecule is CCCO[C@H]1CC[C@H](C(C(=O)NO)N(Cc2ccncc2)S(=O)(=O)c2ccc(OC)cc2)CC1.Cl. The molecule has 11 heteroatoms. The van der Waals surface area contributed by atoms with Crippen molar-refractivity contribution in [3.8, 4) is 5.75 Å². The Labute approximate surface area is 213 Å². The van der Waals surface area contributed by atoms with Gasteiger partial charge in [-0.1, -0.05) is 6.92 Å². The molecule has 1 saturated carbocycles. The molecule has 1 aromatic heterocycles. The van der Waals surface area contributed by atoms with Crippen LogP contribution >= 0.6 is 12.4 Å². The lowest BCUT2D eigenvalue weighted by Crippen LogP contribution is -2.53. The molecule has 1 fully saturated rings. The van der Waals surface area contributed by atoms with Crippen molar-refractivity contribution in [2.45, 2.75) is 62.6 Å². The monoisotopic (exact) mass is 527 g/mol. The Morgan fingerprint density at radius 2 is 1.77 bits per heavy atom. The molecule has 2 aromatic rings. The number of sulfonamides is 1. The molecular weight excluding hydrogens is 494 g/mol. The minimum Gasteiger partial charge on any atom is -0.497 e. The lowest BCUT2D eigenvalue weighted by atomic mass is 9.82. The summed E-state index contributed by atoms with van der Waals surface area (Å²) in [5, 5.41) is 9.55. The normalized spacial score (nSPS) is 19.0. The number of rotatable bonds is 11. The Bertz CT molecular complexity index is 1020. The van der Waals surface area contributed by atoms with Crippen molar-refractivity contribution in [2.75, 3.05) is 13.7 Å². The molecule has 0 saturated heterocycles. The Kier molecular flexibility index (Phi) is 11.4. The lowest BCUT2D eigenvalue weighted by Gasteiger charge is -2.38. The molecule has 1 heterocycles. The van der Waals surface area contributed by atoms with E-state index in [1.807, 2.05) is 6.92 Å². The number of carbonyl (C=O) groups is 1. The third-order valence-corrected chi connectivity index (χ3v) is 8.01. The molecule has 0 radical (unpaired) electrons. The fourth-order valence-corrected chi connectivity index (χ4v) is 6.02. The van der Waals surface area contributed by atoms with Crippen molar-refractivity contribution in [1.29, 1.82) is 0 Å². The minimum atomic E-state index is -4.10. The van der Waals surface area contributed by atoms with Crippen LogP contribution in [0.1, 0.15) is 44.6 Å². The summed E-state index contributed by atoms with van der Waals surface area (Å²) in [6.07, 6.45) is 6.85. The van der Waals surface area contributed by atoms with Crippen molar-refractivity contribution >= 4 is 28.3 Å². The van der Waals surface area contributed by atoms with Gasteiger partial charge in [-0.25, -0.2) is 13.9 Å². The molecule has 1 atom stereocenters. The van der Waals surface area contributed by atoms with Crippen molar-refractivity contribution in [3.05, 3.63) is 54.4 Å². The summed E-state index contributed by atoms with van der Waals surface area (Å²) in [5.41, 5.74) is 2.39. The number of benzene rings is 1. The number of carbonyl (C=O) groups excluding carboxylic acids is 1. The Morgan fingerprint density at radius 1 is 1.14 bits per heavy atom. The molecule has 1 aliphatic rings. The second-order valence-electron chi connectivity index (χ2n) is 8.41. The number of hydrogen-bond donors (Lipinski definition) is 2. The van der Waals surface area contributed by atoms with Gasteiger partial charge in [-0.05, 0) is 80.0 Å². The van der Waals surface area contributed by atoms with Crippen LogP contribution in [0, 0.1) is 5.92 Å².